The highest BCUT2D eigenvalue weighted by Gasteiger charge is 2.16. The van der Waals surface area contributed by atoms with Crippen LogP contribution in [0, 0.1) is 5.92 Å². The fourth-order valence-electron chi connectivity index (χ4n) is 3.77. The molecule has 0 bridgehead atoms. The standard InChI is InChI=1S/C21H35N3O3/c1-22-21(23-14-8-7-11-16-9-5-6-10-16)24-15-17-12-13-18(25-2)20(27-4)19(17)26-3/h12-13,16H,5-11,14-15H2,1-4H3,(H2,22,23,24). The van der Waals surface area contributed by atoms with Crippen LogP contribution in [-0.4, -0.2) is 40.9 Å². The van der Waals surface area contributed by atoms with Crippen LogP contribution in [0.1, 0.15) is 50.5 Å². The summed E-state index contributed by atoms with van der Waals surface area (Å²) in [6, 6.07) is 3.86. The van der Waals surface area contributed by atoms with Crippen molar-refractivity contribution in [3.63, 3.8) is 0 Å². The molecule has 0 radical (unpaired) electrons. The Morgan fingerprint density at radius 3 is 2.37 bits per heavy atom. The maximum atomic E-state index is 5.53. The molecule has 0 spiro atoms. The first-order valence-corrected chi connectivity index (χ1v) is 9.95. The number of guanidine groups is 1. The largest absolute Gasteiger partial charge is 0.493 e. The van der Waals surface area contributed by atoms with Crippen LogP contribution in [0.3, 0.4) is 0 Å². The first-order chi connectivity index (χ1) is 13.2. The Bertz CT molecular complexity index is 599. The summed E-state index contributed by atoms with van der Waals surface area (Å²) < 4.78 is 16.3. The van der Waals surface area contributed by atoms with Crippen molar-refractivity contribution in [1.82, 2.24) is 10.6 Å². The van der Waals surface area contributed by atoms with Gasteiger partial charge in [0.25, 0.3) is 0 Å². The van der Waals surface area contributed by atoms with E-state index in [1.54, 1.807) is 28.4 Å². The van der Waals surface area contributed by atoms with Gasteiger partial charge >= 0.3 is 0 Å². The number of aliphatic imine (C=N–C) groups is 1. The number of hydrogen-bond donors (Lipinski definition) is 2. The summed E-state index contributed by atoms with van der Waals surface area (Å²) >= 11 is 0. The Hall–Kier alpha value is -2.11. The third-order valence-corrected chi connectivity index (χ3v) is 5.26. The van der Waals surface area contributed by atoms with Gasteiger partial charge in [-0.15, -0.1) is 0 Å². The first kappa shape index (κ1) is 21.2. The molecule has 0 saturated heterocycles. The minimum absolute atomic E-state index is 0.589. The second-order valence-electron chi connectivity index (χ2n) is 6.99. The lowest BCUT2D eigenvalue weighted by molar-refractivity contribution is 0.322. The van der Waals surface area contributed by atoms with Gasteiger partial charge in [0.1, 0.15) is 0 Å². The maximum absolute atomic E-state index is 5.53. The number of nitrogens with one attached hydrogen (secondary N) is 2. The van der Waals surface area contributed by atoms with Crippen LogP contribution in [0.5, 0.6) is 17.2 Å². The van der Waals surface area contributed by atoms with E-state index in [1.807, 2.05) is 12.1 Å². The predicted molar refractivity (Wildman–Crippen MR) is 110 cm³/mol. The van der Waals surface area contributed by atoms with Gasteiger partial charge in [-0.1, -0.05) is 38.5 Å². The van der Waals surface area contributed by atoms with Crippen LogP contribution >= 0.6 is 0 Å². The van der Waals surface area contributed by atoms with E-state index in [4.69, 9.17) is 14.2 Å². The Kier molecular flexibility index (Phi) is 9.08. The highest BCUT2D eigenvalue weighted by molar-refractivity contribution is 5.79. The van der Waals surface area contributed by atoms with Crippen molar-refractivity contribution in [2.45, 2.75) is 51.5 Å². The second-order valence-corrected chi connectivity index (χ2v) is 6.99. The zero-order valence-corrected chi connectivity index (χ0v) is 17.3. The average molecular weight is 378 g/mol. The highest BCUT2D eigenvalue weighted by Crippen LogP contribution is 2.39. The molecule has 2 rings (SSSR count). The molecule has 0 unspecified atom stereocenters. The minimum atomic E-state index is 0.589. The molecule has 1 aliphatic rings. The van der Waals surface area contributed by atoms with Crippen LogP contribution in [0.4, 0.5) is 0 Å². The van der Waals surface area contributed by atoms with Gasteiger partial charge in [0, 0.05) is 25.7 Å². The molecule has 6 heteroatoms. The van der Waals surface area contributed by atoms with E-state index in [2.05, 4.69) is 15.6 Å². The molecule has 1 aliphatic carbocycles. The molecular weight excluding hydrogens is 342 g/mol. The number of ether oxygens (including phenoxy) is 3. The van der Waals surface area contributed by atoms with Crippen molar-refractivity contribution in [3.05, 3.63) is 17.7 Å². The number of unbranched alkanes of at least 4 members (excludes halogenated alkanes) is 1. The lowest BCUT2D eigenvalue weighted by Crippen LogP contribution is -2.37. The van der Waals surface area contributed by atoms with E-state index in [0.717, 1.165) is 24.0 Å². The molecule has 6 nitrogen and oxygen atoms in total. The van der Waals surface area contributed by atoms with Crippen LogP contribution in [-0.2, 0) is 6.54 Å². The molecule has 0 aromatic heterocycles. The summed E-state index contributed by atoms with van der Waals surface area (Å²) in [5.41, 5.74) is 0.985. The zero-order chi connectivity index (χ0) is 19.5. The van der Waals surface area contributed by atoms with Gasteiger partial charge in [0.2, 0.25) is 5.75 Å². The lowest BCUT2D eigenvalue weighted by Gasteiger charge is -2.17. The Labute approximate surface area is 163 Å². The molecule has 0 atom stereocenters. The fourth-order valence-corrected chi connectivity index (χ4v) is 3.77. The van der Waals surface area contributed by atoms with E-state index < -0.39 is 0 Å². The molecule has 152 valence electrons. The molecule has 0 heterocycles. The number of benzene rings is 1. The lowest BCUT2D eigenvalue weighted by atomic mass is 10.0. The van der Waals surface area contributed by atoms with E-state index in [-0.39, 0.29) is 0 Å². The summed E-state index contributed by atoms with van der Waals surface area (Å²) in [4.78, 5) is 4.31. The summed E-state index contributed by atoms with van der Waals surface area (Å²) in [7, 11) is 6.66. The minimum Gasteiger partial charge on any atom is -0.493 e. The average Bonchev–Trinajstić information content (AvgIpc) is 3.22. The third-order valence-electron chi connectivity index (χ3n) is 5.26. The monoisotopic (exact) mass is 377 g/mol. The number of methoxy groups -OCH3 is 3. The van der Waals surface area contributed by atoms with Crippen LogP contribution in [0.2, 0.25) is 0 Å². The number of rotatable bonds is 10. The van der Waals surface area contributed by atoms with Crippen molar-refractivity contribution in [1.29, 1.82) is 0 Å². The van der Waals surface area contributed by atoms with Gasteiger partial charge in [0.05, 0.1) is 21.3 Å². The summed E-state index contributed by atoms with van der Waals surface area (Å²) in [6.45, 7) is 1.53. The maximum Gasteiger partial charge on any atom is 0.203 e. The van der Waals surface area contributed by atoms with E-state index >= 15 is 0 Å². The van der Waals surface area contributed by atoms with Crippen LogP contribution in [0.25, 0.3) is 0 Å². The van der Waals surface area contributed by atoms with Crippen molar-refractivity contribution in [3.8, 4) is 17.2 Å². The first-order valence-electron chi connectivity index (χ1n) is 9.95. The molecule has 2 N–H and O–H groups in total. The van der Waals surface area contributed by atoms with Crippen LogP contribution in [0.15, 0.2) is 17.1 Å². The Morgan fingerprint density at radius 2 is 1.74 bits per heavy atom. The molecular formula is C21H35N3O3. The summed E-state index contributed by atoms with van der Waals surface area (Å²) in [5.74, 6) is 3.71. The molecule has 1 aromatic carbocycles. The van der Waals surface area contributed by atoms with E-state index in [9.17, 15) is 0 Å². The zero-order valence-electron chi connectivity index (χ0n) is 17.3. The van der Waals surface area contributed by atoms with Crippen molar-refractivity contribution < 1.29 is 14.2 Å². The van der Waals surface area contributed by atoms with Crippen molar-refractivity contribution in [2.24, 2.45) is 10.9 Å². The van der Waals surface area contributed by atoms with E-state index in [1.165, 1.54) is 44.9 Å². The quantitative estimate of drug-likeness (QED) is 0.369. The van der Waals surface area contributed by atoms with Gasteiger partial charge in [-0.2, -0.15) is 0 Å². The molecule has 1 aromatic rings. The molecule has 1 saturated carbocycles. The van der Waals surface area contributed by atoms with Gasteiger partial charge in [-0.3, -0.25) is 4.99 Å². The van der Waals surface area contributed by atoms with E-state index in [0.29, 0.717) is 23.8 Å². The number of hydrogen-bond acceptors (Lipinski definition) is 4. The van der Waals surface area contributed by atoms with Gasteiger partial charge < -0.3 is 24.8 Å². The van der Waals surface area contributed by atoms with Gasteiger partial charge in [0.15, 0.2) is 17.5 Å². The summed E-state index contributed by atoms with van der Waals surface area (Å²) in [6.07, 6.45) is 9.57. The predicted octanol–water partition coefficient (Wildman–Crippen LogP) is 3.74. The molecule has 0 amide bonds. The van der Waals surface area contributed by atoms with Gasteiger partial charge in [-0.05, 0) is 24.5 Å². The molecule has 0 aliphatic heterocycles. The fraction of sp³-hybridized carbons (Fsp3) is 0.667. The van der Waals surface area contributed by atoms with Gasteiger partial charge in [-0.25, -0.2) is 0 Å². The van der Waals surface area contributed by atoms with Crippen molar-refractivity contribution >= 4 is 5.96 Å². The SMILES string of the molecule is CN=C(NCCCCC1CCCC1)NCc1ccc(OC)c(OC)c1OC. The van der Waals surface area contributed by atoms with Crippen molar-refractivity contribution in [2.75, 3.05) is 34.9 Å². The second kappa shape index (κ2) is 11.6. The topological polar surface area (TPSA) is 64.1 Å². The molecule has 1 fully saturated rings. The normalized spacial score (nSPS) is 14.9. The number of nitrogens with zero attached hydrogens (tertiary/aromatic N) is 1. The Balaban J connectivity index is 1.79. The smallest absolute Gasteiger partial charge is 0.203 e. The highest BCUT2D eigenvalue weighted by atomic mass is 16.5. The molecule has 27 heavy (non-hydrogen) atoms. The third kappa shape index (κ3) is 6.22. The van der Waals surface area contributed by atoms with Crippen LogP contribution < -0.4 is 24.8 Å². The Morgan fingerprint density at radius 1 is 1.00 bits per heavy atom. The summed E-state index contributed by atoms with van der Waals surface area (Å²) in [5, 5.41) is 6.74.